The second-order valence-electron chi connectivity index (χ2n) is 6.62. The Morgan fingerprint density at radius 3 is 2.56 bits per heavy atom. The van der Waals surface area contributed by atoms with Gasteiger partial charge in [0.2, 0.25) is 0 Å². The Balaban J connectivity index is 1.86. The topological polar surface area (TPSA) is 43.4 Å². The van der Waals surface area contributed by atoms with Crippen molar-refractivity contribution < 1.29 is 9.15 Å². The second-order valence-corrected chi connectivity index (χ2v) is 6.62. The summed E-state index contributed by atoms with van der Waals surface area (Å²) in [5, 5.41) is 5.73. The first kappa shape index (κ1) is 17.7. The lowest BCUT2D eigenvalue weighted by Gasteiger charge is -2.21. The summed E-state index contributed by atoms with van der Waals surface area (Å²) >= 11 is 0. The van der Waals surface area contributed by atoms with Crippen LogP contribution in [-0.4, -0.2) is 34.9 Å². The van der Waals surface area contributed by atoms with E-state index in [1.54, 1.807) is 7.11 Å². The highest BCUT2D eigenvalue weighted by Crippen LogP contribution is 2.26. The Kier molecular flexibility index (Phi) is 5.25. The number of fused-ring (bicyclic) bond motifs is 1. The molecule has 0 aliphatic rings. The Morgan fingerprint density at radius 2 is 1.92 bits per heavy atom. The van der Waals surface area contributed by atoms with Gasteiger partial charge in [0.25, 0.3) is 0 Å². The van der Waals surface area contributed by atoms with Crippen LogP contribution in [0.3, 0.4) is 0 Å². The van der Waals surface area contributed by atoms with Crippen LogP contribution < -0.4 is 0 Å². The molecule has 3 aromatic rings. The molecule has 25 heavy (non-hydrogen) atoms. The minimum Gasteiger partial charge on any atom is -0.459 e. The van der Waals surface area contributed by atoms with Gasteiger partial charge in [-0.2, -0.15) is 5.10 Å². The highest BCUT2D eigenvalue weighted by Gasteiger charge is 2.18. The molecular formula is C20H27N3O2. The van der Waals surface area contributed by atoms with Crippen molar-refractivity contribution in [1.29, 1.82) is 0 Å². The molecule has 5 nitrogen and oxygen atoms in total. The minimum atomic E-state index is 0.692. The third kappa shape index (κ3) is 3.62. The molecule has 0 amide bonds. The maximum atomic E-state index is 6.11. The van der Waals surface area contributed by atoms with E-state index in [1.165, 1.54) is 22.2 Å². The molecule has 0 atom stereocenters. The molecule has 0 aliphatic carbocycles. The van der Waals surface area contributed by atoms with Crippen molar-refractivity contribution in [3.05, 3.63) is 52.5 Å². The highest BCUT2D eigenvalue weighted by atomic mass is 16.5. The molecule has 0 saturated heterocycles. The average molecular weight is 341 g/mol. The summed E-state index contributed by atoms with van der Waals surface area (Å²) in [7, 11) is 3.74. The smallest absolute Gasteiger partial charge is 0.134 e. The largest absolute Gasteiger partial charge is 0.459 e. The molecule has 2 aromatic heterocycles. The van der Waals surface area contributed by atoms with Crippen molar-refractivity contribution in [2.45, 2.75) is 33.9 Å². The van der Waals surface area contributed by atoms with Crippen molar-refractivity contribution in [2.24, 2.45) is 7.05 Å². The van der Waals surface area contributed by atoms with Crippen LogP contribution in [0.5, 0.6) is 0 Å². The van der Waals surface area contributed by atoms with E-state index in [0.29, 0.717) is 6.61 Å². The van der Waals surface area contributed by atoms with E-state index in [0.717, 1.165) is 36.7 Å². The van der Waals surface area contributed by atoms with Crippen LogP contribution in [0.15, 0.2) is 28.7 Å². The van der Waals surface area contributed by atoms with Crippen LogP contribution in [0, 0.1) is 20.8 Å². The maximum Gasteiger partial charge on any atom is 0.134 e. The number of rotatable bonds is 7. The average Bonchev–Trinajstić information content (AvgIpc) is 3.04. The first-order valence-electron chi connectivity index (χ1n) is 8.68. The first-order valence-corrected chi connectivity index (χ1v) is 8.68. The monoisotopic (exact) mass is 341 g/mol. The number of aromatic nitrogens is 2. The molecule has 0 aliphatic heterocycles. The van der Waals surface area contributed by atoms with E-state index in [1.807, 2.05) is 23.9 Å². The lowest BCUT2D eigenvalue weighted by Crippen LogP contribution is -2.27. The van der Waals surface area contributed by atoms with Gasteiger partial charge in [-0.25, -0.2) is 0 Å². The number of hydrogen-bond acceptors (Lipinski definition) is 4. The maximum absolute atomic E-state index is 6.11. The number of methoxy groups -OCH3 is 1. The van der Waals surface area contributed by atoms with Crippen LogP contribution >= 0.6 is 0 Å². The summed E-state index contributed by atoms with van der Waals surface area (Å²) in [5.74, 6) is 1.02. The number of para-hydroxylation sites is 1. The third-order valence-electron chi connectivity index (χ3n) is 4.96. The fourth-order valence-corrected chi connectivity index (χ4v) is 3.28. The molecule has 0 unspecified atom stereocenters. The quantitative estimate of drug-likeness (QED) is 0.657. The number of nitrogens with zero attached hydrogens (tertiary/aromatic N) is 3. The predicted octanol–water partition coefficient (Wildman–Crippen LogP) is 3.74. The molecule has 5 heteroatoms. The Bertz CT molecular complexity index is 863. The van der Waals surface area contributed by atoms with Crippen molar-refractivity contribution in [2.75, 3.05) is 20.3 Å². The zero-order valence-electron chi connectivity index (χ0n) is 15.8. The van der Waals surface area contributed by atoms with Gasteiger partial charge in [0.15, 0.2) is 0 Å². The normalized spacial score (nSPS) is 11.8. The number of ether oxygens (including phenoxy) is 1. The van der Waals surface area contributed by atoms with Gasteiger partial charge in [0.05, 0.1) is 18.8 Å². The molecule has 3 rings (SSSR count). The molecule has 0 spiro atoms. The van der Waals surface area contributed by atoms with Gasteiger partial charge in [-0.05, 0) is 32.4 Å². The van der Waals surface area contributed by atoms with Crippen LogP contribution in [0.4, 0.5) is 0 Å². The SMILES string of the molecule is COCCN(Cc1oc2ccccc2c1C)Cc1c(C)nn(C)c1C. The van der Waals surface area contributed by atoms with Crippen molar-refractivity contribution in [1.82, 2.24) is 14.7 Å². The zero-order valence-corrected chi connectivity index (χ0v) is 15.8. The molecule has 0 saturated carbocycles. The number of furan rings is 1. The van der Waals surface area contributed by atoms with E-state index in [-0.39, 0.29) is 0 Å². The fraction of sp³-hybridized carbons (Fsp3) is 0.450. The van der Waals surface area contributed by atoms with E-state index < -0.39 is 0 Å². The standard InChI is InChI=1S/C20H27N3O2/c1-14-17-8-6-7-9-19(17)25-20(14)13-23(10-11-24-5)12-18-15(2)21-22(4)16(18)3/h6-9H,10-13H2,1-5H3. The lowest BCUT2D eigenvalue weighted by molar-refractivity contribution is 0.135. The summed E-state index contributed by atoms with van der Waals surface area (Å²) < 4.78 is 13.4. The highest BCUT2D eigenvalue weighted by molar-refractivity contribution is 5.81. The molecule has 2 heterocycles. The second kappa shape index (κ2) is 7.42. The van der Waals surface area contributed by atoms with E-state index in [4.69, 9.17) is 9.15 Å². The van der Waals surface area contributed by atoms with E-state index >= 15 is 0 Å². The molecule has 0 radical (unpaired) electrons. The van der Waals surface area contributed by atoms with Gasteiger partial charge in [0.1, 0.15) is 11.3 Å². The lowest BCUT2D eigenvalue weighted by atomic mass is 10.1. The molecule has 1 aromatic carbocycles. The van der Waals surface area contributed by atoms with Gasteiger partial charge in [0, 0.05) is 43.9 Å². The summed E-state index contributed by atoms with van der Waals surface area (Å²) in [5.41, 5.74) is 5.76. The molecule has 0 N–H and O–H groups in total. The van der Waals surface area contributed by atoms with E-state index in [9.17, 15) is 0 Å². The van der Waals surface area contributed by atoms with E-state index in [2.05, 4.69) is 42.9 Å². The minimum absolute atomic E-state index is 0.692. The fourth-order valence-electron chi connectivity index (χ4n) is 3.28. The predicted molar refractivity (Wildman–Crippen MR) is 99.6 cm³/mol. The number of aryl methyl sites for hydroxylation is 3. The van der Waals surface area contributed by atoms with Crippen LogP contribution in [0.2, 0.25) is 0 Å². The number of hydrogen-bond donors (Lipinski definition) is 0. The molecule has 0 bridgehead atoms. The molecule has 134 valence electrons. The zero-order chi connectivity index (χ0) is 18.0. The van der Waals surface area contributed by atoms with Crippen molar-refractivity contribution in [3.63, 3.8) is 0 Å². The van der Waals surface area contributed by atoms with Gasteiger partial charge in [-0.1, -0.05) is 18.2 Å². The summed E-state index contributed by atoms with van der Waals surface area (Å²) in [6.45, 7) is 9.47. The van der Waals surface area contributed by atoms with Crippen LogP contribution in [0.1, 0.15) is 28.3 Å². The first-order chi connectivity index (χ1) is 12.0. The Labute approximate surface area is 149 Å². The Morgan fingerprint density at radius 1 is 1.16 bits per heavy atom. The molecular weight excluding hydrogens is 314 g/mol. The summed E-state index contributed by atoms with van der Waals surface area (Å²) in [6, 6.07) is 8.22. The van der Waals surface area contributed by atoms with Crippen molar-refractivity contribution in [3.8, 4) is 0 Å². The van der Waals surface area contributed by atoms with Crippen LogP contribution in [0.25, 0.3) is 11.0 Å². The van der Waals surface area contributed by atoms with Gasteiger partial charge in [-0.15, -0.1) is 0 Å². The van der Waals surface area contributed by atoms with Crippen LogP contribution in [-0.2, 0) is 24.9 Å². The number of benzene rings is 1. The van der Waals surface area contributed by atoms with Gasteiger partial charge >= 0.3 is 0 Å². The van der Waals surface area contributed by atoms with Gasteiger partial charge in [-0.3, -0.25) is 9.58 Å². The third-order valence-corrected chi connectivity index (χ3v) is 4.96. The summed E-state index contributed by atoms with van der Waals surface area (Å²) in [6.07, 6.45) is 0. The Hall–Kier alpha value is -2.11. The molecule has 0 fully saturated rings. The van der Waals surface area contributed by atoms with Gasteiger partial charge < -0.3 is 9.15 Å². The summed E-state index contributed by atoms with van der Waals surface area (Å²) in [4.78, 5) is 2.37. The van der Waals surface area contributed by atoms with Crippen molar-refractivity contribution >= 4 is 11.0 Å².